The Hall–Kier alpha value is -2.12. The van der Waals surface area contributed by atoms with Gasteiger partial charge in [0.15, 0.2) is 0 Å². The molecule has 0 saturated carbocycles. The van der Waals surface area contributed by atoms with Crippen molar-refractivity contribution in [2.24, 2.45) is 5.92 Å². The largest absolute Gasteiger partial charge is 0.481 e. The first-order valence-electron chi connectivity index (χ1n) is 6.52. The number of carbonyl (C=O) groups is 4. The molecular formula is C12H17N3O5. The van der Waals surface area contributed by atoms with Crippen molar-refractivity contribution in [3.63, 3.8) is 0 Å². The van der Waals surface area contributed by atoms with Gasteiger partial charge < -0.3 is 14.9 Å². The third-order valence-corrected chi connectivity index (χ3v) is 3.78. The Balaban J connectivity index is 1.99. The lowest BCUT2D eigenvalue weighted by atomic mass is 9.97. The van der Waals surface area contributed by atoms with Gasteiger partial charge in [-0.2, -0.15) is 0 Å². The van der Waals surface area contributed by atoms with Gasteiger partial charge in [-0.1, -0.05) is 0 Å². The Morgan fingerprint density at radius 2 is 1.85 bits per heavy atom. The van der Waals surface area contributed by atoms with E-state index < -0.39 is 29.7 Å². The van der Waals surface area contributed by atoms with Crippen molar-refractivity contribution < 1.29 is 24.3 Å². The summed E-state index contributed by atoms with van der Waals surface area (Å²) in [5, 5.41) is 11.1. The van der Waals surface area contributed by atoms with Crippen LogP contribution in [-0.2, 0) is 14.4 Å². The van der Waals surface area contributed by atoms with Crippen LogP contribution in [0, 0.1) is 5.92 Å². The number of piperazine rings is 1. The summed E-state index contributed by atoms with van der Waals surface area (Å²) in [6.07, 6.45) is 0.785. The van der Waals surface area contributed by atoms with Crippen LogP contribution in [0.25, 0.3) is 0 Å². The van der Waals surface area contributed by atoms with E-state index in [1.807, 2.05) is 0 Å². The first kappa shape index (κ1) is 14.3. The van der Waals surface area contributed by atoms with Crippen LogP contribution in [0.4, 0.5) is 4.79 Å². The first-order chi connectivity index (χ1) is 9.40. The van der Waals surface area contributed by atoms with Crippen LogP contribution >= 0.6 is 0 Å². The molecule has 20 heavy (non-hydrogen) atoms. The topological polar surface area (TPSA) is 107 Å². The van der Waals surface area contributed by atoms with E-state index >= 15 is 0 Å². The fourth-order valence-corrected chi connectivity index (χ4v) is 2.45. The number of nitrogens with one attached hydrogen (secondary N) is 1. The summed E-state index contributed by atoms with van der Waals surface area (Å²) in [5.41, 5.74) is 0. The van der Waals surface area contributed by atoms with Gasteiger partial charge in [-0.3, -0.25) is 19.7 Å². The van der Waals surface area contributed by atoms with Crippen molar-refractivity contribution >= 4 is 23.8 Å². The van der Waals surface area contributed by atoms with Crippen molar-refractivity contribution in [2.75, 3.05) is 19.6 Å². The molecule has 4 amide bonds. The van der Waals surface area contributed by atoms with E-state index in [1.54, 1.807) is 6.92 Å². The lowest BCUT2D eigenvalue weighted by Crippen LogP contribution is -2.61. The van der Waals surface area contributed by atoms with Crippen molar-refractivity contribution in [1.82, 2.24) is 15.1 Å². The van der Waals surface area contributed by atoms with Gasteiger partial charge in [0.25, 0.3) is 0 Å². The van der Waals surface area contributed by atoms with Gasteiger partial charge in [-0.15, -0.1) is 0 Å². The minimum Gasteiger partial charge on any atom is -0.481 e. The molecule has 1 unspecified atom stereocenters. The Bertz CT molecular complexity index is 456. The molecule has 0 aromatic carbocycles. The maximum atomic E-state index is 12.3. The van der Waals surface area contributed by atoms with Crippen LogP contribution in [0.3, 0.4) is 0 Å². The molecule has 0 radical (unpaired) electrons. The Morgan fingerprint density at radius 3 is 2.40 bits per heavy atom. The molecule has 110 valence electrons. The predicted octanol–water partition coefficient (Wildman–Crippen LogP) is -0.750. The van der Waals surface area contributed by atoms with E-state index in [1.165, 1.54) is 9.80 Å². The number of piperidine rings is 1. The second kappa shape index (κ2) is 5.48. The maximum absolute atomic E-state index is 12.3. The highest BCUT2D eigenvalue weighted by Gasteiger charge is 2.37. The first-order valence-corrected chi connectivity index (χ1v) is 6.52. The van der Waals surface area contributed by atoms with E-state index in [-0.39, 0.29) is 12.6 Å². The molecule has 2 heterocycles. The summed E-state index contributed by atoms with van der Waals surface area (Å²) in [4.78, 5) is 48.7. The van der Waals surface area contributed by atoms with Crippen molar-refractivity contribution in [1.29, 1.82) is 0 Å². The summed E-state index contributed by atoms with van der Waals surface area (Å²) in [6, 6.07) is -1.08. The highest BCUT2D eigenvalue weighted by molar-refractivity contribution is 6.03. The van der Waals surface area contributed by atoms with Gasteiger partial charge in [0.1, 0.15) is 12.6 Å². The number of hydrogen-bond donors (Lipinski definition) is 2. The van der Waals surface area contributed by atoms with Crippen LogP contribution < -0.4 is 5.32 Å². The Labute approximate surface area is 115 Å². The average Bonchev–Trinajstić information content (AvgIpc) is 2.42. The molecule has 2 fully saturated rings. The molecule has 8 heteroatoms. The van der Waals surface area contributed by atoms with Crippen LogP contribution in [0.1, 0.15) is 19.8 Å². The van der Waals surface area contributed by atoms with E-state index in [0.29, 0.717) is 25.9 Å². The van der Waals surface area contributed by atoms with E-state index in [4.69, 9.17) is 5.11 Å². The number of likely N-dealkylation sites (tertiary alicyclic amines) is 1. The number of carboxylic acids is 1. The number of amides is 4. The molecule has 2 rings (SSSR count). The standard InChI is InChI=1S/C12H17N3O5/c1-7-10(17)13-9(16)6-15(7)12(20)14-4-2-8(3-5-14)11(18)19/h7-8H,2-6H2,1H3,(H,18,19)(H,13,16,17). The zero-order chi connectivity index (χ0) is 14.9. The number of hydrogen-bond acceptors (Lipinski definition) is 4. The second-order valence-corrected chi connectivity index (χ2v) is 5.10. The lowest BCUT2D eigenvalue weighted by Gasteiger charge is -2.38. The van der Waals surface area contributed by atoms with Crippen LogP contribution in [-0.4, -0.2) is 64.4 Å². The van der Waals surface area contributed by atoms with Crippen LogP contribution in [0.15, 0.2) is 0 Å². The normalized spacial score (nSPS) is 24.6. The Morgan fingerprint density at radius 1 is 1.25 bits per heavy atom. The minimum absolute atomic E-state index is 0.148. The minimum atomic E-state index is -0.849. The lowest BCUT2D eigenvalue weighted by molar-refractivity contribution is -0.143. The Kier molecular flexibility index (Phi) is 3.91. The number of rotatable bonds is 1. The van der Waals surface area contributed by atoms with Gasteiger partial charge in [0.05, 0.1) is 5.92 Å². The van der Waals surface area contributed by atoms with Crippen LogP contribution in [0.5, 0.6) is 0 Å². The highest BCUT2D eigenvalue weighted by atomic mass is 16.4. The second-order valence-electron chi connectivity index (χ2n) is 5.10. The summed E-state index contributed by atoms with van der Waals surface area (Å²) >= 11 is 0. The summed E-state index contributed by atoms with van der Waals surface area (Å²) in [7, 11) is 0. The molecule has 0 aromatic heterocycles. The molecular weight excluding hydrogens is 266 g/mol. The van der Waals surface area contributed by atoms with E-state index in [2.05, 4.69) is 5.32 Å². The van der Waals surface area contributed by atoms with Gasteiger partial charge in [-0.05, 0) is 19.8 Å². The molecule has 0 bridgehead atoms. The molecule has 2 saturated heterocycles. The number of aliphatic carboxylic acids is 1. The molecule has 1 atom stereocenters. The smallest absolute Gasteiger partial charge is 0.321 e. The number of imide groups is 1. The van der Waals surface area contributed by atoms with Crippen molar-refractivity contribution in [3.05, 3.63) is 0 Å². The summed E-state index contributed by atoms with van der Waals surface area (Å²) in [5.74, 6) is -2.27. The SMILES string of the molecule is CC1C(=O)NC(=O)CN1C(=O)N1CCC(C(=O)O)CC1. The summed E-state index contributed by atoms with van der Waals surface area (Å²) < 4.78 is 0. The summed E-state index contributed by atoms with van der Waals surface area (Å²) in [6.45, 7) is 2.07. The fraction of sp³-hybridized carbons (Fsp3) is 0.667. The number of nitrogens with zero attached hydrogens (tertiary/aromatic N) is 2. The van der Waals surface area contributed by atoms with Gasteiger partial charge in [0, 0.05) is 13.1 Å². The van der Waals surface area contributed by atoms with Crippen molar-refractivity contribution in [2.45, 2.75) is 25.8 Å². The third kappa shape index (κ3) is 2.73. The average molecular weight is 283 g/mol. The predicted molar refractivity (Wildman–Crippen MR) is 66.6 cm³/mol. The molecule has 8 nitrogen and oxygen atoms in total. The quantitative estimate of drug-likeness (QED) is 0.616. The van der Waals surface area contributed by atoms with E-state index in [9.17, 15) is 19.2 Å². The monoisotopic (exact) mass is 283 g/mol. The molecule has 0 aromatic rings. The molecule has 2 N–H and O–H groups in total. The third-order valence-electron chi connectivity index (χ3n) is 3.78. The fourth-order valence-electron chi connectivity index (χ4n) is 2.45. The van der Waals surface area contributed by atoms with Gasteiger partial charge >= 0.3 is 12.0 Å². The number of carboxylic acid groups (broad SMARTS) is 1. The molecule has 0 aliphatic carbocycles. The van der Waals surface area contributed by atoms with Gasteiger partial charge in [-0.25, -0.2) is 4.79 Å². The molecule has 0 spiro atoms. The zero-order valence-electron chi connectivity index (χ0n) is 11.2. The number of carbonyl (C=O) groups excluding carboxylic acids is 3. The highest BCUT2D eigenvalue weighted by Crippen LogP contribution is 2.19. The van der Waals surface area contributed by atoms with Crippen LogP contribution in [0.2, 0.25) is 0 Å². The number of urea groups is 1. The van der Waals surface area contributed by atoms with Crippen molar-refractivity contribution in [3.8, 4) is 0 Å². The molecule has 2 aliphatic rings. The van der Waals surface area contributed by atoms with Gasteiger partial charge in [0.2, 0.25) is 11.8 Å². The zero-order valence-corrected chi connectivity index (χ0v) is 11.2. The maximum Gasteiger partial charge on any atom is 0.321 e. The molecule has 2 aliphatic heterocycles. The van der Waals surface area contributed by atoms with E-state index in [0.717, 1.165) is 0 Å².